The summed E-state index contributed by atoms with van der Waals surface area (Å²) in [6.07, 6.45) is 2.79. The fourth-order valence-electron chi connectivity index (χ4n) is 2.61. The smallest absolute Gasteiger partial charge is 0.407 e. The molecule has 1 saturated heterocycles. The van der Waals surface area contributed by atoms with E-state index in [0.29, 0.717) is 30.5 Å². The van der Waals surface area contributed by atoms with E-state index in [4.69, 9.17) is 16.7 Å². The Kier molecular flexibility index (Phi) is 3.46. The molecule has 2 aromatic rings. The molecular weight excluding hydrogens is 298 g/mol. The van der Waals surface area contributed by atoms with Crippen molar-refractivity contribution < 1.29 is 14.7 Å². The third-order valence-corrected chi connectivity index (χ3v) is 3.93. The van der Waals surface area contributed by atoms with Crippen LogP contribution in [0.15, 0.2) is 6.33 Å². The van der Waals surface area contributed by atoms with Gasteiger partial charge in [0, 0.05) is 13.1 Å². The maximum Gasteiger partial charge on any atom is 0.407 e. The van der Waals surface area contributed by atoms with Crippen molar-refractivity contribution in [1.29, 1.82) is 0 Å². The van der Waals surface area contributed by atoms with Crippen LogP contribution >= 0.6 is 11.6 Å². The van der Waals surface area contributed by atoms with E-state index < -0.39 is 6.09 Å². The van der Waals surface area contributed by atoms with Gasteiger partial charge in [-0.25, -0.2) is 9.78 Å². The van der Waals surface area contributed by atoms with Crippen LogP contribution in [0.1, 0.15) is 29.2 Å². The molecule has 0 spiro atoms. The van der Waals surface area contributed by atoms with E-state index in [-0.39, 0.29) is 16.8 Å². The molecule has 110 valence electrons. The number of amides is 1. The van der Waals surface area contributed by atoms with Gasteiger partial charge in [-0.2, -0.15) is 0 Å². The Morgan fingerprint density at radius 2 is 2.29 bits per heavy atom. The molecule has 0 aliphatic carbocycles. The van der Waals surface area contributed by atoms with Gasteiger partial charge in [0.1, 0.15) is 5.52 Å². The van der Waals surface area contributed by atoms with Crippen molar-refractivity contribution in [2.45, 2.75) is 18.9 Å². The average Bonchev–Trinajstić information content (AvgIpc) is 2.91. The number of rotatable bonds is 2. The lowest BCUT2D eigenvalue weighted by atomic mass is 10.1. The van der Waals surface area contributed by atoms with E-state index in [2.05, 4.69) is 15.2 Å². The van der Waals surface area contributed by atoms with Crippen molar-refractivity contribution in [3.05, 3.63) is 17.0 Å². The number of fused-ring (bicyclic) bond motifs is 1. The van der Waals surface area contributed by atoms with Crippen LogP contribution in [0.25, 0.3) is 11.2 Å². The molecule has 1 aliphatic rings. The number of aldehydes is 1. The molecule has 21 heavy (non-hydrogen) atoms. The molecule has 3 heterocycles. The minimum atomic E-state index is -0.938. The highest BCUT2D eigenvalue weighted by Gasteiger charge is 2.26. The maximum absolute atomic E-state index is 11.1. The van der Waals surface area contributed by atoms with E-state index in [1.165, 1.54) is 4.90 Å². The molecule has 8 nitrogen and oxygen atoms in total. The third-order valence-electron chi connectivity index (χ3n) is 3.66. The molecule has 1 N–H and O–H groups in total. The van der Waals surface area contributed by atoms with E-state index in [0.717, 1.165) is 12.8 Å². The third kappa shape index (κ3) is 2.31. The Morgan fingerprint density at radius 1 is 1.48 bits per heavy atom. The van der Waals surface area contributed by atoms with Crippen LogP contribution in [-0.4, -0.2) is 55.2 Å². The van der Waals surface area contributed by atoms with E-state index in [9.17, 15) is 9.59 Å². The minimum absolute atomic E-state index is 0.0126. The second kappa shape index (κ2) is 5.28. The lowest BCUT2D eigenvalue weighted by Gasteiger charge is -2.31. The number of likely N-dealkylation sites (tertiary alicyclic amines) is 1. The van der Waals surface area contributed by atoms with Crippen LogP contribution in [0.5, 0.6) is 0 Å². The molecule has 1 fully saturated rings. The number of hydrogen-bond donors (Lipinski definition) is 1. The van der Waals surface area contributed by atoms with Crippen LogP contribution in [0.3, 0.4) is 0 Å². The van der Waals surface area contributed by atoms with Crippen LogP contribution in [0, 0.1) is 0 Å². The molecule has 1 atom stereocenters. The largest absolute Gasteiger partial charge is 0.465 e. The quantitative estimate of drug-likeness (QED) is 0.846. The first-order chi connectivity index (χ1) is 10.1. The first-order valence-electron chi connectivity index (χ1n) is 6.43. The fraction of sp³-hybridized carbons (Fsp3) is 0.417. The summed E-state index contributed by atoms with van der Waals surface area (Å²) >= 11 is 5.82. The van der Waals surface area contributed by atoms with Gasteiger partial charge in [0.25, 0.3) is 0 Å². The van der Waals surface area contributed by atoms with Gasteiger partial charge >= 0.3 is 6.09 Å². The zero-order chi connectivity index (χ0) is 15.0. The lowest BCUT2D eigenvalue weighted by molar-refractivity contribution is 0.112. The first-order valence-corrected chi connectivity index (χ1v) is 6.81. The Bertz CT molecular complexity index is 716. The molecule has 0 saturated carbocycles. The molecule has 1 unspecified atom stereocenters. The van der Waals surface area contributed by atoms with Crippen molar-refractivity contribution in [1.82, 2.24) is 24.6 Å². The summed E-state index contributed by atoms with van der Waals surface area (Å²) in [6.45, 7) is 0.886. The predicted octanol–water partition coefficient (Wildman–Crippen LogP) is 1.61. The summed E-state index contributed by atoms with van der Waals surface area (Å²) < 4.78 is 1.76. The number of nitrogens with zero attached hydrogens (tertiary/aromatic N) is 5. The normalized spacial score (nSPS) is 18.9. The van der Waals surface area contributed by atoms with Crippen molar-refractivity contribution >= 4 is 35.1 Å². The highest BCUT2D eigenvalue weighted by Crippen LogP contribution is 2.26. The number of aromatic nitrogens is 4. The molecule has 1 aliphatic heterocycles. The van der Waals surface area contributed by atoms with Gasteiger partial charge in [-0.3, -0.25) is 4.79 Å². The summed E-state index contributed by atoms with van der Waals surface area (Å²) in [4.78, 5) is 27.7. The average molecular weight is 310 g/mol. The Labute approximate surface area is 124 Å². The Balaban J connectivity index is 2.01. The topological polar surface area (TPSA) is 101 Å². The van der Waals surface area contributed by atoms with Gasteiger partial charge in [0.2, 0.25) is 0 Å². The number of carbonyl (C=O) groups is 2. The van der Waals surface area contributed by atoms with Gasteiger partial charge < -0.3 is 14.6 Å². The molecule has 0 radical (unpaired) electrons. The maximum atomic E-state index is 11.1. The number of carboxylic acid groups (broad SMARTS) is 1. The van der Waals surface area contributed by atoms with Crippen molar-refractivity contribution in [2.75, 3.05) is 13.1 Å². The van der Waals surface area contributed by atoms with Crippen LogP contribution < -0.4 is 0 Å². The van der Waals surface area contributed by atoms with Crippen LogP contribution in [0.4, 0.5) is 4.79 Å². The molecule has 0 bridgehead atoms. The monoisotopic (exact) mass is 309 g/mol. The molecule has 1 amide bonds. The van der Waals surface area contributed by atoms with E-state index in [1.54, 1.807) is 10.9 Å². The Hall–Kier alpha value is -2.22. The molecular formula is C12H12ClN5O3. The van der Waals surface area contributed by atoms with Crippen LogP contribution in [0.2, 0.25) is 5.15 Å². The number of hydrogen-bond acceptors (Lipinski definition) is 5. The van der Waals surface area contributed by atoms with E-state index >= 15 is 0 Å². The summed E-state index contributed by atoms with van der Waals surface area (Å²) in [6, 6.07) is -0.0742. The predicted molar refractivity (Wildman–Crippen MR) is 73.6 cm³/mol. The van der Waals surface area contributed by atoms with Gasteiger partial charge in [-0.05, 0) is 12.8 Å². The highest BCUT2D eigenvalue weighted by molar-refractivity contribution is 6.32. The zero-order valence-electron chi connectivity index (χ0n) is 10.9. The van der Waals surface area contributed by atoms with Gasteiger partial charge in [-0.1, -0.05) is 11.6 Å². The summed E-state index contributed by atoms with van der Waals surface area (Å²) in [5, 5.41) is 16.8. The van der Waals surface area contributed by atoms with Crippen molar-refractivity contribution in [2.24, 2.45) is 0 Å². The minimum Gasteiger partial charge on any atom is -0.465 e. The summed E-state index contributed by atoms with van der Waals surface area (Å²) in [5.41, 5.74) is 1.03. The number of carbonyl (C=O) groups excluding carboxylic acids is 1. The summed E-state index contributed by atoms with van der Waals surface area (Å²) in [5.74, 6) is 0. The van der Waals surface area contributed by atoms with Crippen LogP contribution in [-0.2, 0) is 0 Å². The standard InChI is InChI=1S/C12H12ClN5O3/c13-10-8(5-19)9-11(16-15-10)18(6-14-9)7-2-1-3-17(4-7)12(20)21/h5-7H,1-4H2,(H,20,21). The van der Waals surface area contributed by atoms with Gasteiger partial charge in [0.05, 0.1) is 17.9 Å². The summed E-state index contributed by atoms with van der Waals surface area (Å²) in [7, 11) is 0. The molecule has 9 heteroatoms. The second-order valence-corrected chi connectivity index (χ2v) is 5.23. The molecule has 0 aromatic carbocycles. The number of piperidine rings is 1. The van der Waals surface area contributed by atoms with Gasteiger partial charge in [0.15, 0.2) is 17.1 Å². The van der Waals surface area contributed by atoms with E-state index in [1.807, 2.05) is 0 Å². The highest BCUT2D eigenvalue weighted by atomic mass is 35.5. The number of imidazole rings is 1. The van der Waals surface area contributed by atoms with Crippen molar-refractivity contribution in [3.8, 4) is 0 Å². The fourth-order valence-corrected chi connectivity index (χ4v) is 2.79. The van der Waals surface area contributed by atoms with Crippen molar-refractivity contribution in [3.63, 3.8) is 0 Å². The SMILES string of the molecule is O=Cc1c(Cl)nnc2c1ncn2C1CCCN(C(=O)O)C1. The second-order valence-electron chi connectivity index (χ2n) is 4.87. The zero-order valence-corrected chi connectivity index (χ0v) is 11.7. The first kappa shape index (κ1) is 13.7. The Morgan fingerprint density at radius 3 is 3.00 bits per heavy atom. The van der Waals surface area contributed by atoms with Gasteiger partial charge in [-0.15, -0.1) is 10.2 Å². The molecule has 2 aromatic heterocycles. The molecule has 3 rings (SSSR count). The number of halogens is 1. The lowest BCUT2D eigenvalue weighted by Crippen LogP contribution is -2.39.